The summed E-state index contributed by atoms with van der Waals surface area (Å²) < 4.78 is 5.75. The average Bonchev–Trinajstić information content (AvgIpc) is 2.65. The van der Waals surface area contributed by atoms with E-state index in [-0.39, 0.29) is 0 Å². The summed E-state index contributed by atoms with van der Waals surface area (Å²) in [6.45, 7) is 3.39. The van der Waals surface area contributed by atoms with Crippen molar-refractivity contribution < 1.29 is 4.74 Å². The molecule has 1 atom stereocenters. The Morgan fingerprint density at radius 1 is 0.882 bits per heavy atom. The smallest absolute Gasteiger partial charge is 0.0587 e. The quantitative estimate of drug-likeness (QED) is 0.585. The van der Waals surface area contributed by atoms with Gasteiger partial charge in [-0.25, -0.2) is 0 Å². The van der Waals surface area contributed by atoms with Gasteiger partial charge in [-0.15, -0.1) is 0 Å². The third-order valence-electron chi connectivity index (χ3n) is 4.32. The third-order valence-corrected chi connectivity index (χ3v) is 4.32. The standard InChI is InChI=1S/C15H29NO/c1-2-4-8-14(7-3-1)13-16-11-10-15-9-5-6-12-17-15/h14-16H,1-13H2. The normalized spacial score (nSPS) is 27.9. The van der Waals surface area contributed by atoms with Crippen LogP contribution >= 0.6 is 0 Å². The third kappa shape index (κ3) is 5.39. The second-order valence-corrected chi connectivity index (χ2v) is 5.84. The molecule has 2 aliphatic rings. The van der Waals surface area contributed by atoms with Gasteiger partial charge >= 0.3 is 0 Å². The monoisotopic (exact) mass is 239 g/mol. The van der Waals surface area contributed by atoms with Gasteiger partial charge in [0.05, 0.1) is 6.10 Å². The number of hydrogen-bond donors (Lipinski definition) is 1. The van der Waals surface area contributed by atoms with Crippen LogP contribution in [0.5, 0.6) is 0 Å². The Kier molecular flexibility index (Phi) is 6.36. The van der Waals surface area contributed by atoms with Crippen LogP contribution in [0.3, 0.4) is 0 Å². The molecule has 1 aliphatic heterocycles. The van der Waals surface area contributed by atoms with E-state index in [2.05, 4.69) is 5.32 Å². The summed E-state index contributed by atoms with van der Waals surface area (Å²) in [5, 5.41) is 3.65. The Hall–Kier alpha value is -0.0800. The first-order valence-corrected chi connectivity index (χ1v) is 7.77. The molecule has 0 radical (unpaired) electrons. The Balaban J connectivity index is 1.49. The van der Waals surface area contributed by atoms with Crippen LogP contribution in [0.25, 0.3) is 0 Å². The van der Waals surface area contributed by atoms with Gasteiger partial charge in [-0.2, -0.15) is 0 Å². The van der Waals surface area contributed by atoms with Crippen LogP contribution in [0.1, 0.15) is 64.2 Å². The summed E-state index contributed by atoms with van der Waals surface area (Å²) in [7, 11) is 0. The Morgan fingerprint density at radius 2 is 1.65 bits per heavy atom. The molecule has 0 aromatic carbocycles. The lowest BCUT2D eigenvalue weighted by molar-refractivity contribution is 0.0114. The van der Waals surface area contributed by atoms with Crippen LogP contribution < -0.4 is 5.32 Å². The van der Waals surface area contributed by atoms with Gasteiger partial charge in [-0.05, 0) is 57.5 Å². The fourth-order valence-corrected chi connectivity index (χ4v) is 3.17. The minimum Gasteiger partial charge on any atom is -0.378 e. The number of nitrogens with one attached hydrogen (secondary N) is 1. The van der Waals surface area contributed by atoms with E-state index in [1.165, 1.54) is 70.8 Å². The van der Waals surface area contributed by atoms with Gasteiger partial charge in [0.1, 0.15) is 0 Å². The molecule has 0 amide bonds. The van der Waals surface area contributed by atoms with Crippen molar-refractivity contribution in [2.24, 2.45) is 5.92 Å². The highest BCUT2D eigenvalue weighted by atomic mass is 16.5. The van der Waals surface area contributed by atoms with Gasteiger partial charge in [0.25, 0.3) is 0 Å². The molecule has 17 heavy (non-hydrogen) atoms. The van der Waals surface area contributed by atoms with E-state index in [9.17, 15) is 0 Å². The Labute approximate surface area is 107 Å². The molecule has 2 rings (SSSR count). The maximum absolute atomic E-state index is 5.75. The van der Waals surface area contributed by atoms with Crippen LogP contribution in [0.15, 0.2) is 0 Å². The van der Waals surface area contributed by atoms with E-state index in [4.69, 9.17) is 4.74 Å². The average molecular weight is 239 g/mol. The maximum Gasteiger partial charge on any atom is 0.0587 e. The van der Waals surface area contributed by atoms with Crippen molar-refractivity contribution >= 4 is 0 Å². The van der Waals surface area contributed by atoms with E-state index in [1.807, 2.05) is 0 Å². The van der Waals surface area contributed by atoms with Crippen LogP contribution in [0.2, 0.25) is 0 Å². The Bertz CT molecular complexity index is 181. The molecule has 2 heteroatoms. The highest BCUT2D eigenvalue weighted by Crippen LogP contribution is 2.22. The lowest BCUT2D eigenvalue weighted by Crippen LogP contribution is -2.28. The molecule has 0 aromatic heterocycles. The first-order chi connectivity index (χ1) is 8.45. The van der Waals surface area contributed by atoms with Crippen molar-refractivity contribution in [3.05, 3.63) is 0 Å². The maximum atomic E-state index is 5.75. The highest BCUT2D eigenvalue weighted by molar-refractivity contribution is 4.69. The van der Waals surface area contributed by atoms with Crippen LogP contribution in [0, 0.1) is 5.92 Å². The molecular formula is C15H29NO. The molecule has 1 aliphatic carbocycles. The minimum absolute atomic E-state index is 0.547. The van der Waals surface area contributed by atoms with Crippen molar-refractivity contribution in [2.45, 2.75) is 70.3 Å². The number of hydrogen-bond acceptors (Lipinski definition) is 2. The molecule has 1 saturated carbocycles. The predicted molar refractivity (Wildman–Crippen MR) is 72.3 cm³/mol. The van der Waals surface area contributed by atoms with E-state index < -0.39 is 0 Å². The highest BCUT2D eigenvalue weighted by Gasteiger charge is 2.14. The lowest BCUT2D eigenvalue weighted by atomic mass is 10.0. The van der Waals surface area contributed by atoms with Gasteiger partial charge in [0.15, 0.2) is 0 Å². The predicted octanol–water partition coefficient (Wildman–Crippen LogP) is 3.51. The minimum atomic E-state index is 0.547. The molecule has 2 fully saturated rings. The zero-order chi connectivity index (χ0) is 11.8. The molecule has 0 aromatic rings. The number of ether oxygens (including phenoxy) is 1. The molecule has 1 heterocycles. The molecule has 1 unspecified atom stereocenters. The van der Waals surface area contributed by atoms with Crippen molar-refractivity contribution in [2.75, 3.05) is 19.7 Å². The summed E-state index contributed by atoms with van der Waals surface area (Å²) in [6.07, 6.45) is 14.4. The lowest BCUT2D eigenvalue weighted by Gasteiger charge is -2.23. The van der Waals surface area contributed by atoms with Crippen molar-refractivity contribution in [1.29, 1.82) is 0 Å². The van der Waals surface area contributed by atoms with Crippen molar-refractivity contribution in [3.8, 4) is 0 Å². The van der Waals surface area contributed by atoms with Gasteiger partial charge in [0, 0.05) is 6.61 Å². The van der Waals surface area contributed by atoms with Gasteiger partial charge < -0.3 is 10.1 Å². The number of rotatable bonds is 5. The van der Waals surface area contributed by atoms with Crippen molar-refractivity contribution in [1.82, 2.24) is 5.32 Å². The van der Waals surface area contributed by atoms with E-state index in [0.717, 1.165) is 19.1 Å². The van der Waals surface area contributed by atoms with E-state index in [0.29, 0.717) is 6.10 Å². The Morgan fingerprint density at radius 3 is 2.35 bits per heavy atom. The van der Waals surface area contributed by atoms with Gasteiger partial charge in [-0.1, -0.05) is 25.7 Å². The summed E-state index contributed by atoms with van der Waals surface area (Å²) in [5.74, 6) is 0.949. The SMILES string of the molecule is C1CCCC(CNCCC2CCCCO2)CC1. The zero-order valence-corrected chi connectivity index (χ0v) is 11.3. The molecular weight excluding hydrogens is 210 g/mol. The second-order valence-electron chi connectivity index (χ2n) is 5.84. The van der Waals surface area contributed by atoms with Crippen LogP contribution in [-0.2, 0) is 4.74 Å². The molecule has 100 valence electrons. The van der Waals surface area contributed by atoms with E-state index in [1.54, 1.807) is 0 Å². The van der Waals surface area contributed by atoms with Crippen LogP contribution in [-0.4, -0.2) is 25.8 Å². The molecule has 0 spiro atoms. The first kappa shape index (κ1) is 13.4. The largest absolute Gasteiger partial charge is 0.378 e. The van der Waals surface area contributed by atoms with Gasteiger partial charge in [0.2, 0.25) is 0 Å². The zero-order valence-electron chi connectivity index (χ0n) is 11.3. The topological polar surface area (TPSA) is 21.3 Å². The fourth-order valence-electron chi connectivity index (χ4n) is 3.17. The fraction of sp³-hybridized carbons (Fsp3) is 1.00. The van der Waals surface area contributed by atoms with Crippen molar-refractivity contribution in [3.63, 3.8) is 0 Å². The molecule has 2 nitrogen and oxygen atoms in total. The van der Waals surface area contributed by atoms with E-state index >= 15 is 0 Å². The summed E-state index contributed by atoms with van der Waals surface area (Å²) in [5.41, 5.74) is 0. The molecule has 1 N–H and O–H groups in total. The van der Waals surface area contributed by atoms with Gasteiger partial charge in [-0.3, -0.25) is 0 Å². The summed E-state index contributed by atoms with van der Waals surface area (Å²) in [4.78, 5) is 0. The first-order valence-electron chi connectivity index (χ1n) is 7.77. The molecule has 1 saturated heterocycles. The molecule has 0 bridgehead atoms. The summed E-state index contributed by atoms with van der Waals surface area (Å²) in [6, 6.07) is 0. The second kappa shape index (κ2) is 8.10. The van der Waals surface area contributed by atoms with Crippen LogP contribution in [0.4, 0.5) is 0 Å². The summed E-state index contributed by atoms with van der Waals surface area (Å²) >= 11 is 0.